The zero-order valence-corrected chi connectivity index (χ0v) is 18.1. The number of phenolic OH excluding ortho intramolecular Hbond substituents is 1. The summed E-state index contributed by atoms with van der Waals surface area (Å²) in [6, 6.07) is 4.81. The molecule has 1 N–H and O–H groups in total. The van der Waals surface area contributed by atoms with E-state index >= 15 is 0 Å². The van der Waals surface area contributed by atoms with Crippen LogP contribution in [0.25, 0.3) is 0 Å². The maximum absolute atomic E-state index is 11.1. The van der Waals surface area contributed by atoms with Crippen LogP contribution in [0.15, 0.2) is 17.1 Å². The van der Waals surface area contributed by atoms with Crippen molar-refractivity contribution in [1.82, 2.24) is 0 Å². The standard InChI is InChI=1S/C26H41NO/c1-21-18-23(20-27-24-16-12-9-13-17-24)26(28)25(19-21)22-14-10-7-5-3-2-4-6-8-11-15-22/h18-20,22,24,28H,2-17H2,1H3. The summed E-state index contributed by atoms with van der Waals surface area (Å²) >= 11 is 0. The van der Waals surface area contributed by atoms with Crippen molar-refractivity contribution in [1.29, 1.82) is 0 Å². The molecule has 0 heterocycles. The van der Waals surface area contributed by atoms with E-state index in [2.05, 4.69) is 19.1 Å². The van der Waals surface area contributed by atoms with E-state index < -0.39 is 0 Å². The van der Waals surface area contributed by atoms with Gasteiger partial charge in [0.15, 0.2) is 0 Å². The molecular formula is C26H41NO. The molecular weight excluding hydrogens is 342 g/mol. The highest BCUT2D eigenvalue weighted by Gasteiger charge is 2.19. The highest BCUT2D eigenvalue weighted by molar-refractivity contribution is 5.84. The molecule has 0 unspecified atom stereocenters. The normalized spacial score (nSPS) is 22.0. The molecule has 0 saturated heterocycles. The van der Waals surface area contributed by atoms with E-state index in [9.17, 15) is 5.11 Å². The van der Waals surface area contributed by atoms with E-state index in [-0.39, 0.29) is 0 Å². The number of benzene rings is 1. The maximum atomic E-state index is 11.1. The Morgan fingerprint density at radius 1 is 0.750 bits per heavy atom. The summed E-state index contributed by atoms with van der Waals surface area (Å²) in [4.78, 5) is 4.84. The molecule has 0 aromatic heterocycles. The summed E-state index contributed by atoms with van der Waals surface area (Å²) in [5.41, 5.74) is 3.37. The van der Waals surface area contributed by atoms with E-state index in [0.29, 0.717) is 17.7 Å². The fourth-order valence-corrected chi connectivity index (χ4v) is 5.14. The fourth-order valence-electron chi connectivity index (χ4n) is 5.14. The lowest BCUT2D eigenvalue weighted by molar-refractivity contribution is 0.431. The Bertz CT molecular complexity index is 603. The second-order valence-electron chi connectivity index (χ2n) is 9.32. The average Bonchev–Trinajstić information content (AvgIpc) is 2.70. The molecule has 1 aromatic carbocycles. The van der Waals surface area contributed by atoms with E-state index in [1.165, 1.54) is 114 Å². The molecule has 2 saturated carbocycles. The van der Waals surface area contributed by atoms with Crippen LogP contribution >= 0.6 is 0 Å². The van der Waals surface area contributed by atoms with Crippen molar-refractivity contribution in [2.45, 2.75) is 122 Å². The first-order valence-corrected chi connectivity index (χ1v) is 12.1. The first-order valence-electron chi connectivity index (χ1n) is 12.1. The van der Waals surface area contributed by atoms with Gasteiger partial charge in [0.1, 0.15) is 5.75 Å². The fraction of sp³-hybridized carbons (Fsp3) is 0.731. The highest BCUT2D eigenvalue weighted by Crippen LogP contribution is 2.37. The molecule has 156 valence electrons. The first-order chi connectivity index (χ1) is 13.7. The van der Waals surface area contributed by atoms with E-state index in [4.69, 9.17) is 4.99 Å². The average molecular weight is 384 g/mol. The van der Waals surface area contributed by atoms with Crippen LogP contribution in [0.4, 0.5) is 0 Å². The number of aliphatic imine (C=N–C) groups is 1. The number of aryl methyl sites for hydroxylation is 1. The molecule has 2 nitrogen and oxygen atoms in total. The lowest BCUT2D eigenvalue weighted by atomic mass is 9.85. The van der Waals surface area contributed by atoms with Crippen molar-refractivity contribution in [3.63, 3.8) is 0 Å². The van der Waals surface area contributed by atoms with E-state index in [1.54, 1.807) is 0 Å². The largest absolute Gasteiger partial charge is 0.507 e. The predicted molar refractivity (Wildman–Crippen MR) is 121 cm³/mol. The summed E-state index contributed by atoms with van der Waals surface area (Å²) < 4.78 is 0. The smallest absolute Gasteiger partial charge is 0.127 e. The molecule has 28 heavy (non-hydrogen) atoms. The maximum Gasteiger partial charge on any atom is 0.127 e. The number of phenols is 1. The molecule has 0 bridgehead atoms. The number of hydrogen-bond acceptors (Lipinski definition) is 2. The van der Waals surface area contributed by atoms with Crippen LogP contribution in [0.1, 0.15) is 125 Å². The summed E-state index contributed by atoms with van der Waals surface area (Å²) in [6.07, 6.45) is 23.1. The second kappa shape index (κ2) is 11.6. The van der Waals surface area contributed by atoms with Gasteiger partial charge in [0, 0.05) is 17.8 Å². The molecule has 3 rings (SSSR count). The van der Waals surface area contributed by atoms with Gasteiger partial charge in [-0.15, -0.1) is 0 Å². The molecule has 0 atom stereocenters. The summed E-state index contributed by atoms with van der Waals surface area (Å²) in [6.45, 7) is 2.16. The van der Waals surface area contributed by atoms with Crippen molar-refractivity contribution in [2.24, 2.45) is 4.99 Å². The van der Waals surface area contributed by atoms with Gasteiger partial charge in [-0.2, -0.15) is 0 Å². The molecule has 0 spiro atoms. The SMILES string of the molecule is Cc1cc(C=NC2CCCCC2)c(O)c(C2CCCCCCCCCCC2)c1. The Balaban J connectivity index is 1.74. The minimum absolute atomic E-state index is 0.457. The van der Waals surface area contributed by atoms with Crippen molar-refractivity contribution in [2.75, 3.05) is 0 Å². The number of nitrogens with zero attached hydrogens (tertiary/aromatic N) is 1. The number of aromatic hydroxyl groups is 1. The van der Waals surface area contributed by atoms with Crippen LogP contribution in [0.5, 0.6) is 5.75 Å². The van der Waals surface area contributed by atoms with Crippen LogP contribution in [-0.4, -0.2) is 17.4 Å². The Labute approximate surface area is 172 Å². The lowest BCUT2D eigenvalue weighted by Crippen LogP contribution is -2.10. The summed E-state index contributed by atoms with van der Waals surface area (Å²) in [5, 5.41) is 11.1. The van der Waals surface area contributed by atoms with Gasteiger partial charge >= 0.3 is 0 Å². The van der Waals surface area contributed by atoms with E-state index in [0.717, 1.165) is 5.56 Å². The number of hydrogen-bond donors (Lipinski definition) is 1. The van der Waals surface area contributed by atoms with Crippen molar-refractivity contribution < 1.29 is 5.11 Å². The van der Waals surface area contributed by atoms with Gasteiger partial charge in [-0.1, -0.05) is 83.1 Å². The Morgan fingerprint density at radius 2 is 1.25 bits per heavy atom. The molecule has 0 radical (unpaired) electrons. The summed E-state index contributed by atoms with van der Waals surface area (Å²) in [7, 11) is 0. The third kappa shape index (κ3) is 6.64. The van der Waals surface area contributed by atoms with Gasteiger partial charge in [-0.25, -0.2) is 0 Å². The van der Waals surface area contributed by atoms with E-state index in [1.807, 2.05) is 6.21 Å². The van der Waals surface area contributed by atoms with Crippen LogP contribution in [0, 0.1) is 6.92 Å². The molecule has 2 heteroatoms. The zero-order chi connectivity index (χ0) is 19.6. The molecule has 0 aliphatic heterocycles. The Morgan fingerprint density at radius 3 is 1.86 bits per heavy atom. The third-order valence-electron chi connectivity index (χ3n) is 6.86. The zero-order valence-electron chi connectivity index (χ0n) is 18.1. The van der Waals surface area contributed by atoms with Crippen molar-refractivity contribution in [3.8, 4) is 5.75 Å². The molecule has 2 aliphatic rings. The first kappa shape index (κ1) is 21.4. The second-order valence-corrected chi connectivity index (χ2v) is 9.32. The van der Waals surface area contributed by atoms with Crippen LogP contribution in [0.3, 0.4) is 0 Å². The van der Waals surface area contributed by atoms with Crippen LogP contribution < -0.4 is 0 Å². The minimum Gasteiger partial charge on any atom is -0.507 e. The van der Waals surface area contributed by atoms with Gasteiger partial charge in [0.2, 0.25) is 0 Å². The van der Waals surface area contributed by atoms with Crippen molar-refractivity contribution >= 4 is 6.21 Å². The van der Waals surface area contributed by atoms with Gasteiger partial charge in [-0.05, 0) is 55.7 Å². The van der Waals surface area contributed by atoms with Crippen molar-refractivity contribution in [3.05, 3.63) is 28.8 Å². The molecule has 1 aromatic rings. The minimum atomic E-state index is 0.457. The Kier molecular flexibility index (Phi) is 8.89. The predicted octanol–water partition coefficient (Wildman–Crippen LogP) is 7.84. The van der Waals surface area contributed by atoms with Gasteiger partial charge < -0.3 is 5.11 Å². The quantitative estimate of drug-likeness (QED) is 0.530. The van der Waals surface area contributed by atoms with Crippen LogP contribution in [0.2, 0.25) is 0 Å². The number of rotatable bonds is 3. The monoisotopic (exact) mass is 383 g/mol. The topological polar surface area (TPSA) is 32.6 Å². The lowest BCUT2D eigenvalue weighted by Gasteiger charge is -2.21. The molecule has 2 fully saturated rings. The Hall–Kier alpha value is -1.31. The molecule has 0 amide bonds. The van der Waals surface area contributed by atoms with Crippen LogP contribution in [-0.2, 0) is 0 Å². The summed E-state index contributed by atoms with van der Waals surface area (Å²) in [5.74, 6) is 1.00. The highest BCUT2D eigenvalue weighted by atomic mass is 16.3. The van der Waals surface area contributed by atoms with Gasteiger partial charge in [0.25, 0.3) is 0 Å². The molecule has 2 aliphatic carbocycles. The van der Waals surface area contributed by atoms with Gasteiger partial charge in [0.05, 0.1) is 0 Å². The van der Waals surface area contributed by atoms with Gasteiger partial charge in [-0.3, -0.25) is 4.99 Å². The third-order valence-corrected chi connectivity index (χ3v) is 6.86.